The highest BCUT2D eigenvalue weighted by molar-refractivity contribution is 5.96. The summed E-state index contributed by atoms with van der Waals surface area (Å²) in [5.74, 6) is 0.677. The number of benzene rings is 1. The Balaban J connectivity index is 0.00000261. The van der Waals surface area contributed by atoms with E-state index in [2.05, 4.69) is 11.8 Å². The first-order valence-corrected chi connectivity index (χ1v) is 9.45. The second kappa shape index (κ2) is 8.89. The third kappa shape index (κ3) is 4.52. The molecular formula is C19H29ClN4O3. The molecule has 0 radical (unpaired) electrons. The Morgan fingerprint density at radius 2 is 2.07 bits per heavy atom. The molecule has 1 amide bonds. The van der Waals surface area contributed by atoms with E-state index in [1.165, 1.54) is 6.07 Å². The second-order valence-electron chi connectivity index (χ2n) is 7.80. The lowest BCUT2D eigenvalue weighted by Gasteiger charge is -2.32. The summed E-state index contributed by atoms with van der Waals surface area (Å²) in [6.45, 7) is 6.98. The van der Waals surface area contributed by atoms with E-state index in [1.54, 1.807) is 17.0 Å². The number of anilines is 1. The van der Waals surface area contributed by atoms with Gasteiger partial charge >= 0.3 is 0 Å². The smallest absolute Gasteiger partial charge is 0.293 e. The maximum absolute atomic E-state index is 12.9. The fourth-order valence-corrected chi connectivity index (χ4v) is 4.24. The minimum atomic E-state index is -0.374. The van der Waals surface area contributed by atoms with E-state index in [-0.39, 0.29) is 35.0 Å². The van der Waals surface area contributed by atoms with Crippen LogP contribution in [0.3, 0.4) is 0 Å². The minimum absolute atomic E-state index is 0. The lowest BCUT2D eigenvalue weighted by atomic mass is 9.99. The topological polar surface area (TPSA) is 92.7 Å². The number of halogens is 1. The van der Waals surface area contributed by atoms with Crippen LogP contribution in [0.4, 0.5) is 11.4 Å². The third-order valence-corrected chi connectivity index (χ3v) is 5.67. The first kappa shape index (κ1) is 21.4. The molecule has 0 bridgehead atoms. The first-order valence-electron chi connectivity index (χ1n) is 9.45. The predicted molar refractivity (Wildman–Crippen MR) is 109 cm³/mol. The maximum Gasteiger partial charge on any atom is 0.293 e. The molecule has 2 saturated heterocycles. The van der Waals surface area contributed by atoms with Crippen molar-refractivity contribution in [2.24, 2.45) is 17.6 Å². The van der Waals surface area contributed by atoms with Crippen LogP contribution in [0, 0.1) is 22.0 Å². The van der Waals surface area contributed by atoms with Crippen LogP contribution < -0.4 is 10.6 Å². The van der Waals surface area contributed by atoms with Gasteiger partial charge in [-0.2, -0.15) is 0 Å². The van der Waals surface area contributed by atoms with Gasteiger partial charge in [0.05, 0.1) is 4.92 Å². The van der Waals surface area contributed by atoms with Crippen LogP contribution in [0.25, 0.3) is 0 Å². The van der Waals surface area contributed by atoms with Crippen LogP contribution in [0.1, 0.15) is 43.5 Å². The van der Waals surface area contributed by atoms with Gasteiger partial charge in [0.15, 0.2) is 0 Å². The number of nitrogens with two attached hydrogens (primary N) is 1. The van der Waals surface area contributed by atoms with Crippen LogP contribution >= 0.6 is 12.4 Å². The molecule has 3 unspecified atom stereocenters. The highest BCUT2D eigenvalue weighted by Crippen LogP contribution is 2.33. The van der Waals surface area contributed by atoms with Crippen molar-refractivity contribution in [3.05, 3.63) is 33.9 Å². The zero-order valence-electron chi connectivity index (χ0n) is 16.0. The van der Waals surface area contributed by atoms with Gasteiger partial charge in [0.1, 0.15) is 5.69 Å². The molecule has 2 N–H and O–H groups in total. The summed E-state index contributed by atoms with van der Waals surface area (Å²) in [5, 5.41) is 11.6. The molecule has 2 aliphatic rings. The third-order valence-electron chi connectivity index (χ3n) is 5.67. The molecule has 2 fully saturated rings. The van der Waals surface area contributed by atoms with E-state index in [0.29, 0.717) is 36.2 Å². The Hall–Kier alpha value is -1.86. The Bertz CT molecular complexity index is 700. The van der Waals surface area contributed by atoms with Gasteiger partial charge < -0.3 is 15.5 Å². The summed E-state index contributed by atoms with van der Waals surface area (Å²) in [6, 6.07) is 5.02. The summed E-state index contributed by atoms with van der Waals surface area (Å²) in [4.78, 5) is 28.0. The van der Waals surface area contributed by atoms with Crippen LogP contribution in [-0.2, 0) is 0 Å². The van der Waals surface area contributed by atoms with Gasteiger partial charge in [-0.25, -0.2) is 0 Å². The second-order valence-corrected chi connectivity index (χ2v) is 7.80. The molecule has 0 aliphatic carbocycles. The van der Waals surface area contributed by atoms with Crippen LogP contribution in [0.15, 0.2) is 18.2 Å². The van der Waals surface area contributed by atoms with Gasteiger partial charge in [-0.05, 0) is 56.7 Å². The SMILES string of the molecule is CC1CCCN(c2ccc(C(=O)N3CC(CN)CC3C)cc2[N+](=O)[O-])C1.Cl. The molecule has 3 atom stereocenters. The molecule has 0 saturated carbocycles. The van der Waals surface area contributed by atoms with Crippen molar-refractivity contribution in [1.82, 2.24) is 4.90 Å². The quantitative estimate of drug-likeness (QED) is 0.623. The molecule has 1 aromatic carbocycles. The molecule has 2 heterocycles. The Labute approximate surface area is 166 Å². The fourth-order valence-electron chi connectivity index (χ4n) is 4.24. The zero-order chi connectivity index (χ0) is 18.8. The standard InChI is InChI=1S/C19H28N4O3.ClH/c1-13-4-3-7-21(11-13)17-6-5-16(9-18(17)23(25)26)19(24)22-12-15(10-20)8-14(22)2;/h5-6,9,13-15H,3-4,7-8,10-12,20H2,1-2H3;1H. The summed E-state index contributed by atoms with van der Waals surface area (Å²) >= 11 is 0. The number of nitrogens with zero attached hydrogens (tertiary/aromatic N) is 3. The molecule has 3 rings (SSSR count). The average molecular weight is 397 g/mol. The van der Waals surface area contributed by atoms with Gasteiger partial charge in [-0.3, -0.25) is 14.9 Å². The predicted octanol–water partition coefficient (Wildman–Crippen LogP) is 3.06. The number of hydrogen-bond donors (Lipinski definition) is 1. The largest absolute Gasteiger partial charge is 0.366 e. The number of piperidine rings is 1. The molecule has 1 aromatic rings. The maximum atomic E-state index is 12.9. The zero-order valence-corrected chi connectivity index (χ0v) is 16.8. The van der Waals surface area contributed by atoms with E-state index in [4.69, 9.17) is 5.73 Å². The summed E-state index contributed by atoms with van der Waals surface area (Å²) in [7, 11) is 0. The number of amides is 1. The number of carbonyl (C=O) groups excluding carboxylic acids is 1. The molecule has 0 spiro atoms. The number of likely N-dealkylation sites (tertiary alicyclic amines) is 1. The van der Waals surface area contributed by atoms with E-state index in [9.17, 15) is 14.9 Å². The number of rotatable bonds is 4. The number of hydrogen-bond acceptors (Lipinski definition) is 5. The van der Waals surface area contributed by atoms with Crippen molar-refractivity contribution in [3.8, 4) is 0 Å². The minimum Gasteiger partial charge on any atom is -0.366 e. The van der Waals surface area contributed by atoms with E-state index >= 15 is 0 Å². The average Bonchev–Trinajstić information content (AvgIpc) is 3.01. The monoisotopic (exact) mass is 396 g/mol. The summed E-state index contributed by atoms with van der Waals surface area (Å²) in [5.41, 5.74) is 6.76. The number of nitro benzene ring substituents is 1. The van der Waals surface area contributed by atoms with Gasteiger partial charge in [0, 0.05) is 37.3 Å². The highest BCUT2D eigenvalue weighted by atomic mass is 35.5. The Morgan fingerprint density at radius 3 is 2.67 bits per heavy atom. The van der Waals surface area contributed by atoms with Crippen LogP contribution in [0.5, 0.6) is 0 Å². The van der Waals surface area contributed by atoms with Crippen molar-refractivity contribution in [2.75, 3.05) is 31.1 Å². The fraction of sp³-hybridized carbons (Fsp3) is 0.632. The molecule has 27 heavy (non-hydrogen) atoms. The van der Waals surface area contributed by atoms with Gasteiger partial charge in [0.25, 0.3) is 11.6 Å². The summed E-state index contributed by atoms with van der Waals surface area (Å²) < 4.78 is 0. The molecule has 2 aliphatic heterocycles. The van der Waals surface area contributed by atoms with Gasteiger partial charge in [-0.1, -0.05) is 6.92 Å². The molecule has 150 valence electrons. The van der Waals surface area contributed by atoms with Crippen LogP contribution in [-0.4, -0.2) is 48.0 Å². The van der Waals surface area contributed by atoms with Crippen molar-refractivity contribution < 1.29 is 9.72 Å². The Morgan fingerprint density at radius 1 is 1.33 bits per heavy atom. The summed E-state index contributed by atoms with van der Waals surface area (Å²) in [6.07, 6.45) is 3.06. The molecule has 0 aromatic heterocycles. The van der Waals surface area contributed by atoms with Gasteiger partial charge in [-0.15, -0.1) is 12.4 Å². The van der Waals surface area contributed by atoms with E-state index in [0.717, 1.165) is 32.4 Å². The van der Waals surface area contributed by atoms with Gasteiger partial charge in [0.2, 0.25) is 0 Å². The Kier molecular flexibility index (Phi) is 7.06. The molecule has 8 heteroatoms. The van der Waals surface area contributed by atoms with Crippen molar-refractivity contribution in [1.29, 1.82) is 0 Å². The van der Waals surface area contributed by atoms with Crippen molar-refractivity contribution in [2.45, 2.75) is 39.2 Å². The van der Waals surface area contributed by atoms with Crippen molar-refractivity contribution >= 4 is 29.7 Å². The molecule has 7 nitrogen and oxygen atoms in total. The number of carbonyl (C=O) groups is 1. The van der Waals surface area contributed by atoms with Crippen LogP contribution in [0.2, 0.25) is 0 Å². The van der Waals surface area contributed by atoms with E-state index < -0.39 is 0 Å². The normalized spacial score (nSPS) is 25.2. The van der Waals surface area contributed by atoms with Crippen molar-refractivity contribution in [3.63, 3.8) is 0 Å². The lowest BCUT2D eigenvalue weighted by molar-refractivity contribution is -0.384. The first-order chi connectivity index (χ1) is 12.4. The van der Waals surface area contributed by atoms with E-state index in [1.807, 2.05) is 6.92 Å². The number of nitro groups is 1. The lowest BCUT2D eigenvalue weighted by Crippen LogP contribution is -2.35. The highest BCUT2D eigenvalue weighted by Gasteiger charge is 2.33. The molecular weight excluding hydrogens is 368 g/mol.